The van der Waals surface area contributed by atoms with E-state index in [9.17, 15) is 27.3 Å². The minimum absolute atomic E-state index is 0.0808. The van der Waals surface area contributed by atoms with Crippen molar-refractivity contribution < 1.29 is 22.5 Å². The quantitative estimate of drug-likeness (QED) is 0.185. The molecule has 1 heterocycles. The van der Waals surface area contributed by atoms with Crippen molar-refractivity contribution in [3.8, 4) is 11.1 Å². The second-order valence-corrected chi connectivity index (χ2v) is 14.3. The number of aromatic nitrogens is 1. The summed E-state index contributed by atoms with van der Waals surface area (Å²) in [6.45, 7) is 5.66. The molecule has 12 heteroatoms. The molecule has 0 spiro atoms. The number of hydrogen-bond donors (Lipinski definition) is 2. The van der Waals surface area contributed by atoms with Crippen LogP contribution in [-0.2, 0) is 36.1 Å². The van der Waals surface area contributed by atoms with Crippen molar-refractivity contribution >= 4 is 40.0 Å². The average molecular weight is 621 g/mol. The normalized spacial score (nSPS) is 15.9. The molecule has 0 saturated heterocycles. The summed E-state index contributed by atoms with van der Waals surface area (Å²) >= 11 is 2.70. The molecule has 0 aliphatic heterocycles. The molecular formula is C29H32ClFN3O5S2-. The van der Waals surface area contributed by atoms with Gasteiger partial charge in [-0.25, -0.2) is 9.11 Å². The summed E-state index contributed by atoms with van der Waals surface area (Å²) in [6.07, 6.45) is 3.66. The maximum absolute atomic E-state index is 13.8. The van der Waals surface area contributed by atoms with Crippen LogP contribution < -0.4 is 15.0 Å². The van der Waals surface area contributed by atoms with Gasteiger partial charge in [0.2, 0.25) is 0 Å². The minimum atomic E-state index is -2.46. The monoisotopic (exact) mass is 620 g/mol. The minimum Gasteiger partial charge on any atom is -0.760 e. The lowest BCUT2D eigenvalue weighted by Crippen LogP contribution is -2.42. The number of benzene rings is 2. The highest BCUT2D eigenvalue weighted by atomic mass is 35.5. The lowest BCUT2D eigenvalue weighted by Gasteiger charge is -2.29. The molecule has 2 aromatic carbocycles. The summed E-state index contributed by atoms with van der Waals surface area (Å²) in [6, 6.07) is 9.51. The third-order valence-electron chi connectivity index (χ3n) is 6.92. The van der Waals surface area contributed by atoms with Gasteiger partial charge in [0.25, 0.3) is 5.56 Å². The number of aryl methyl sites for hydroxylation is 1. The number of hydrogen-bond acceptors (Lipinski definition) is 6. The summed E-state index contributed by atoms with van der Waals surface area (Å²) in [4.78, 5) is 26.7. The third kappa shape index (κ3) is 7.72. The van der Waals surface area contributed by atoms with Gasteiger partial charge in [-0.2, -0.15) is 0 Å². The Balaban J connectivity index is 1.92. The Morgan fingerprint density at radius 1 is 1.20 bits per heavy atom. The van der Waals surface area contributed by atoms with Gasteiger partial charge in [-0.15, -0.1) is 4.72 Å². The molecule has 0 bridgehead atoms. The molecule has 1 saturated carbocycles. The van der Waals surface area contributed by atoms with Crippen molar-refractivity contribution in [2.75, 3.05) is 6.54 Å². The van der Waals surface area contributed by atoms with Crippen molar-refractivity contribution in [2.45, 2.75) is 50.8 Å². The summed E-state index contributed by atoms with van der Waals surface area (Å²) < 4.78 is 55.3. The number of ketones is 1. The van der Waals surface area contributed by atoms with Crippen LogP contribution in [0.5, 0.6) is 0 Å². The summed E-state index contributed by atoms with van der Waals surface area (Å²) in [5, 5.41) is 0.259. The predicted octanol–water partition coefficient (Wildman–Crippen LogP) is 4.50. The van der Waals surface area contributed by atoms with Crippen molar-refractivity contribution in [2.24, 2.45) is 13.0 Å². The molecule has 1 aliphatic carbocycles. The van der Waals surface area contributed by atoms with Gasteiger partial charge in [-0.1, -0.05) is 11.6 Å². The van der Waals surface area contributed by atoms with E-state index in [1.807, 2.05) is 20.8 Å². The molecule has 3 aromatic rings. The number of pyridine rings is 1. The number of carbonyl (C=O) groups excluding carboxylic acids is 1. The maximum Gasteiger partial charge on any atom is 0.250 e. The highest BCUT2D eigenvalue weighted by molar-refractivity contribution is 7.90. The van der Waals surface area contributed by atoms with E-state index in [1.165, 1.54) is 41.0 Å². The second-order valence-electron chi connectivity index (χ2n) is 11.1. The SMILES string of the molecule is Cn1cc(-c2cc(CCNS(=O)[O-])c(Cl)cc2C(=O)c2ccc(F)cc2)c(C(N[S+]([O-])C(C)(C)C)C2CC2)cc1=O. The molecule has 3 atom stereocenters. The molecule has 0 amide bonds. The van der Waals surface area contributed by atoms with Crippen LogP contribution in [0.25, 0.3) is 11.1 Å². The second kappa shape index (κ2) is 12.9. The average Bonchev–Trinajstić information content (AvgIpc) is 3.74. The molecule has 1 fully saturated rings. The van der Waals surface area contributed by atoms with Gasteiger partial charge in [0.1, 0.15) is 10.6 Å². The van der Waals surface area contributed by atoms with Gasteiger partial charge in [0.15, 0.2) is 5.78 Å². The standard InChI is InChI=1S/C29H33ClFN3O5S2/c1-29(2,3)40(37)33-27(17-5-6-17)22-15-26(35)34(4)16-24(22)21-13-19(11-12-32-41(38)39)25(30)14-23(21)28(36)18-7-9-20(31)10-8-18/h7-10,13-17,27,32-33H,5-6,11-12H2,1-4H3,(H,38,39)/p-1. The fraction of sp³-hybridized carbons (Fsp3) is 0.379. The van der Waals surface area contributed by atoms with E-state index in [2.05, 4.69) is 9.44 Å². The number of carbonyl (C=O) groups is 1. The Morgan fingerprint density at radius 3 is 2.44 bits per heavy atom. The van der Waals surface area contributed by atoms with Crippen LogP contribution in [0, 0.1) is 11.7 Å². The fourth-order valence-electron chi connectivity index (χ4n) is 4.51. The van der Waals surface area contributed by atoms with Crippen LogP contribution in [0.1, 0.15) is 66.7 Å². The van der Waals surface area contributed by atoms with Gasteiger partial charge in [0.05, 0.1) is 6.04 Å². The highest BCUT2D eigenvalue weighted by Crippen LogP contribution is 2.45. The van der Waals surface area contributed by atoms with Gasteiger partial charge in [-0.3, -0.25) is 13.8 Å². The Kier molecular flexibility index (Phi) is 9.90. The molecular weight excluding hydrogens is 589 g/mol. The zero-order valence-electron chi connectivity index (χ0n) is 23.2. The van der Waals surface area contributed by atoms with Gasteiger partial charge < -0.3 is 13.7 Å². The van der Waals surface area contributed by atoms with Gasteiger partial charge in [0, 0.05) is 70.2 Å². The van der Waals surface area contributed by atoms with E-state index in [-0.39, 0.29) is 40.6 Å². The van der Waals surface area contributed by atoms with Crippen LogP contribution in [0.4, 0.5) is 4.39 Å². The Morgan fingerprint density at radius 2 is 1.85 bits per heavy atom. The molecule has 4 rings (SSSR count). The lowest BCUT2D eigenvalue weighted by atomic mass is 9.87. The molecule has 2 N–H and O–H groups in total. The molecule has 8 nitrogen and oxygen atoms in total. The van der Waals surface area contributed by atoms with Crippen LogP contribution in [0.2, 0.25) is 5.02 Å². The Bertz CT molecular complexity index is 1520. The molecule has 3 unspecified atom stereocenters. The molecule has 1 aromatic heterocycles. The number of halogens is 2. The van der Waals surface area contributed by atoms with E-state index in [0.29, 0.717) is 22.3 Å². The topological polar surface area (TPSA) is 126 Å². The number of nitrogens with zero attached hydrogens (tertiary/aromatic N) is 1. The van der Waals surface area contributed by atoms with Crippen molar-refractivity contribution in [3.63, 3.8) is 0 Å². The summed E-state index contributed by atoms with van der Waals surface area (Å²) in [7, 11) is 1.61. The number of nitrogens with one attached hydrogen (secondary N) is 2. The van der Waals surface area contributed by atoms with E-state index in [1.54, 1.807) is 19.3 Å². The van der Waals surface area contributed by atoms with Crippen LogP contribution >= 0.6 is 11.6 Å². The van der Waals surface area contributed by atoms with E-state index in [0.717, 1.165) is 12.8 Å². The van der Waals surface area contributed by atoms with Crippen LogP contribution in [0.3, 0.4) is 0 Å². The first-order valence-corrected chi connectivity index (χ1v) is 15.7. The first-order valence-electron chi connectivity index (χ1n) is 13.1. The first kappa shape index (κ1) is 31.6. The van der Waals surface area contributed by atoms with E-state index in [4.69, 9.17) is 11.6 Å². The Hall–Kier alpha value is -2.38. The summed E-state index contributed by atoms with van der Waals surface area (Å²) in [5.41, 5.74) is 2.46. The third-order valence-corrected chi connectivity index (χ3v) is 9.29. The van der Waals surface area contributed by atoms with Crippen molar-refractivity contribution in [1.82, 2.24) is 14.0 Å². The lowest BCUT2D eigenvalue weighted by molar-refractivity contribution is 0.103. The van der Waals surface area contributed by atoms with Crippen molar-refractivity contribution in [1.29, 1.82) is 0 Å². The van der Waals surface area contributed by atoms with E-state index < -0.39 is 45.0 Å². The highest BCUT2D eigenvalue weighted by Gasteiger charge is 2.40. The first-order chi connectivity index (χ1) is 19.3. The summed E-state index contributed by atoms with van der Waals surface area (Å²) in [5.74, 6) is -0.739. The van der Waals surface area contributed by atoms with Crippen molar-refractivity contribution in [3.05, 3.63) is 92.1 Å². The smallest absolute Gasteiger partial charge is 0.250 e. The van der Waals surface area contributed by atoms with Crippen LogP contribution in [-0.4, -0.2) is 35.0 Å². The van der Waals surface area contributed by atoms with Gasteiger partial charge >= 0.3 is 0 Å². The maximum atomic E-state index is 13.8. The van der Waals surface area contributed by atoms with Gasteiger partial charge in [-0.05, 0) is 99.0 Å². The fourth-order valence-corrected chi connectivity index (χ4v) is 5.94. The van der Waals surface area contributed by atoms with Crippen LogP contribution in [0.15, 0.2) is 53.5 Å². The predicted molar refractivity (Wildman–Crippen MR) is 159 cm³/mol. The zero-order valence-corrected chi connectivity index (χ0v) is 25.6. The Labute approximate surface area is 249 Å². The molecule has 220 valence electrons. The molecule has 1 aliphatic rings. The molecule has 41 heavy (non-hydrogen) atoms. The zero-order chi connectivity index (χ0) is 30.1. The molecule has 0 radical (unpaired) electrons. The number of rotatable bonds is 11. The van der Waals surface area contributed by atoms with E-state index >= 15 is 0 Å². The largest absolute Gasteiger partial charge is 0.760 e.